The number of nitrogens with one attached hydrogen (secondary N) is 1. The summed E-state index contributed by atoms with van der Waals surface area (Å²) >= 11 is 0. The molecule has 0 aliphatic carbocycles. The van der Waals surface area contributed by atoms with Crippen molar-refractivity contribution in [3.63, 3.8) is 0 Å². The van der Waals surface area contributed by atoms with E-state index in [1.165, 1.54) is 13.3 Å². The second-order valence-electron chi connectivity index (χ2n) is 7.00. The van der Waals surface area contributed by atoms with E-state index in [0.29, 0.717) is 41.8 Å². The van der Waals surface area contributed by atoms with Crippen LogP contribution in [0.15, 0.2) is 24.8 Å². The molecule has 0 spiro atoms. The third-order valence-electron chi connectivity index (χ3n) is 5.09. The molecule has 1 N–H and O–H groups in total. The molecular weight excluding hydrogens is 388 g/mol. The molecule has 1 saturated heterocycles. The maximum absolute atomic E-state index is 12.6. The number of ether oxygens (including phenoxy) is 3. The Morgan fingerprint density at radius 3 is 2.80 bits per heavy atom. The van der Waals surface area contributed by atoms with E-state index in [9.17, 15) is 4.79 Å². The number of aromatic nitrogens is 5. The van der Waals surface area contributed by atoms with Crippen LogP contribution >= 0.6 is 0 Å². The topological polar surface area (TPSA) is 113 Å². The van der Waals surface area contributed by atoms with E-state index in [4.69, 9.17) is 14.2 Å². The molecule has 1 aliphatic rings. The van der Waals surface area contributed by atoms with Crippen LogP contribution in [0.1, 0.15) is 34.7 Å². The van der Waals surface area contributed by atoms with E-state index in [1.54, 1.807) is 30.4 Å². The summed E-state index contributed by atoms with van der Waals surface area (Å²) < 4.78 is 17.5. The summed E-state index contributed by atoms with van der Waals surface area (Å²) in [6.45, 7) is 2.52. The van der Waals surface area contributed by atoms with Gasteiger partial charge < -0.3 is 19.5 Å². The number of carbonyl (C=O) groups excluding carboxylic acids is 1. The first-order valence-electron chi connectivity index (χ1n) is 9.79. The lowest BCUT2D eigenvalue weighted by Gasteiger charge is -2.23. The number of carbonyl (C=O) groups is 1. The number of hydrogen-bond donors (Lipinski definition) is 1. The molecule has 0 bridgehead atoms. The van der Waals surface area contributed by atoms with Crippen molar-refractivity contribution in [1.29, 1.82) is 0 Å². The summed E-state index contributed by atoms with van der Waals surface area (Å²) in [5.41, 5.74) is 2.71. The highest BCUT2D eigenvalue weighted by Gasteiger charge is 2.22. The van der Waals surface area contributed by atoms with Crippen molar-refractivity contribution >= 4 is 22.8 Å². The zero-order valence-corrected chi connectivity index (χ0v) is 17.0. The molecule has 0 radical (unpaired) electrons. The Morgan fingerprint density at radius 1 is 1.20 bits per heavy atom. The Labute approximate surface area is 173 Å². The van der Waals surface area contributed by atoms with Crippen molar-refractivity contribution in [2.24, 2.45) is 0 Å². The largest absolute Gasteiger partial charge is 0.479 e. The molecule has 0 saturated carbocycles. The van der Waals surface area contributed by atoms with Crippen molar-refractivity contribution in [1.82, 2.24) is 24.7 Å². The van der Waals surface area contributed by atoms with Gasteiger partial charge >= 0.3 is 0 Å². The summed E-state index contributed by atoms with van der Waals surface area (Å²) in [6, 6.07) is 0. The molecule has 158 valence electrons. The van der Waals surface area contributed by atoms with Gasteiger partial charge in [0.15, 0.2) is 11.3 Å². The lowest BCUT2D eigenvalue weighted by Crippen LogP contribution is -2.16. The Hall–Kier alpha value is -3.11. The Balaban J connectivity index is 1.59. The van der Waals surface area contributed by atoms with Crippen LogP contribution in [0.4, 0.5) is 5.82 Å². The Morgan fingerprint density at radius 2 is 2.03 bits per heavy atom. The minimum absolute atomic E-state index is 0.312. The number of nitrogens with zero attached hydrogens (tertiary/aromatic N) is 5. The zero-order chi connectivity index (χ0) is 20.9. The number of hydrogen-bond acceptors (Lipinski definition) is 8. The van der Waals surface area contributed by atoms with Crippen LogP contribution in [0.2, 0.25) is 0 Å². The van der Waals surface area contributed by atoms with Gasteiger partial charge in [-0.3, -0.25) is 14.5 Å². The summed E-state index contributed by atoms with van der Waals surface area (Å²) in [5.74, 6) is 0.685. The minimum atomic E-state index is -0.320. The summed E-state index contributed by atoms with van der Waals surface area (Å²) in [7, 11) is 3.16. The first kappa shape index (κ1) is 20.2. The second kappa shape index (κ2) is 9.14. The van der Waals surface area contributed by atoms with Gasteiger partial charge in [0.25, 0.3) is 5.91 Å². The summed E-state index contributed by atoms with van der Waals surface area (Å²) in [5, 5.41) is 6.93. The van der Waals surface area contributed by atoms with E-state index in [2.05, 4.69) is 25.4 Å². The monoisotopic (exact) mass is 412 g/mol. The molecule has 10 heteroatoms. The van der Waals surface area contributed by atoms with E-state index in [1.807, 2.05) is 0 Å². The van der Waals surface area contributed by atoms with Gasteiger partial charge in [0.1, 0.15) is 0 Å². The molecule has 10 nitrogen and oxygen atoms in total. The van der Waals surface area contributed by atoms with Crippen molar-refractivity contribution in [2.75, 3.05) is 39.4 Å². The first-order chi connectivity index (χ1) is 14.7. The van der Waals surface area contributed by atoms with Gasteiger partial charge in [-0.25, -0.2) is 9.97 Å². The number of amides is 1. The zero-order valence-electron chi connectivity index (χ0n) is 17.0. The van der Waals surface area contributed by atoms with Crippen LogP contribution in [-0.4, -0.2) is 64.7 Å². The molecule has 3 aromatic rings. The minimum Gasteiger partial charge on any atom is -0.479 e. The molecule has 30 heavy (non-hydrogen) atoms. The fraction of sp³-hybridized carbons (Fsp3) is 0.450. The highest BCUT2D eigenvalue weighted by Crippen LogP contribution is 2.33. The average Bonchev–Trinajstić information content (AvgIpc) is 3.26. The number of rotatable bonds is 7. The van der Waals surface area contributed by atoms with Gasteiger partial charge in [0.2, 0.25) is 5.88 Å². The number of fused-ring (bicyclic) bond motifs is 1. The molecule has 4 heterocycles. The molecule has 0 atom stereocenters. The first-order valence-corrected chi connectivity index (χ1v) is 9.79. The molecule has 1 amide bonds. The van der Waals surface area contributed by atoms with Gasteiger partial charge in [0.05, 0.1) is 43.7 Å². The molecule has 3 aromatic heterocycles. The predicted molar refractivity (Wildman–Crippen MR) is 109 cm³/mol. The van der Waals surface area contributed by atoms with Crippen molar-refractivity contribution in [3.05, 3.63) is 35.9 Å². The molecule has 1 aliphatic heterocycles. The van der Waals surface area contributed by atoms with Crippen molar-refractivity contribution in [2.45, 2.75) is 25.3 Å². The second-order valence-corrected chi connectivity index (χ2v) is 7.00. The van der Waals surface area contributed by atoms with Gasteiger partial charge in [-0.05, 0) is 18.8 Å². The fourth-order valence-electron chi connectivity index (χ4n) is 3.49. The summed E-state index contributed by atoms with van der Waals surface area (Å²) in [6.07, 6.45) is 8.35. The van der Waals surface area contributed by atoms with Gasteiger partial charge in [0, 0.05) is 38.3 Å². The third kappa shape index (κ3) is 4.24. The lowest BCUT2D eigenvalue weighted by atomic mass is 9.92. The van der Waals surface area contributed by atoms with Crippen LogP contribution in [0, 0.1) is 0 Å². The highest BCUT2D eigenvalue weighted by molar-refractivity contribution is 6.03. The lowest BCUT2D eigenvalue weighted by molar-refractivity contribution is 0.0855. The quantitative estimate of drug-likeness (QED) is 0.627. The predicted octanol–water partition coefficient (Wildman–Crippen LogP) is 2.02. The molecule has 0 unspecified atom stereocenters. The van der Waals surface area contributed by atoms with Crippen molar-refractivity contribution in [3.8, 4) is 5.88 Å². The standard InChI is InChI=1S/C20H24N6O4/c1-28-8-5-26-12-14(9-23-26)19(27)25-16-11-21-17-15(13-3-6-30-7-4-13)10-22-20(29-2)18(17)24-16/h9-13H,3-8H2,1-2H3,(H,24,25,27). The summed E-state index contributed by atoms with van der Waals surface area (Å²) in [4.78, 5) is 26.1. The smallest absolute Gasteiger partial charge is 0.260 e. The number of pyridine rings is 1. The molecular formula is C20H24N6O4. The average molecular weight is 412 g/mol. The van der Waals surface area contributed by atoms with Crippen LogP contribution in [0.25, 0.3) is 11.0 Å². The van der Waals surface area contributed by atoms with E-state index in [0.717, 1.165) is 37.1 Å². The molecule has 4 rings (SSSR count). The molecule has 0 aromatic carbocycles. The Kier molecular flexibility index (Phi) is 6.15. The SMILES string of the molecule is COCCn1cc(C(=O)Nc2cnc3c(C4CCOCC4)cnc(OC)c3n2)cn1. The van der Waals surface area contributed by atoms with Gasteiger partial charge in [-0.15, -0.1) is 0 Å². The van der Waals surface area contributed by atoms with E-state index in [-0.39, 0.29) is 5.91 Å². The van der Waals surface area contributed by atoms with Crippen LogP contribution in [-0.2, 0) is 16.0 Å². The third-order valence-corrected chi connectivity index (χ3v) is 5.09. The fourth-order valence-corrected chi connectivity index (χ4v) is 3.49. The van der Waals surface area contributed by atoms with Crippen LogP contribution in [0.5, 0.6) is 5.88 Å². The van der Waals surface area contributed by atoms with E-state index < -0.39 is 0 Å². The van der Waals surface area contributed by atoms with Crippen LogP contribution in [0.3, 0.4) is 0 Å². The highest BCUT2D eigenvalue weighted by atomic mass is 16.5. The normalized spacial score (nSPS) is 14.7. The number of anilines is 1. The maximum atomic E-state index is 12.6. The van der Waals surface area contributed by atoms with Gasteiger partial charge in [-0.2, -0.15) is 5.10 Å². The number of methoxy groups -OCH3 is 2. The maximum Gasteiger partial charge on any atom is 0.260 e. The molecule has 1 fully saturated rings. The van der Waals surface area contributed by atoms with Crippen LogP contribution < -0.4 is 10.1 Å². The van der Waals surface area contributed by atoms with Gasteiger partial charge in [-0.1, -0.05) is 0 Å². The Bertz CT molecular complexity index is 1030. The van der Waals surface area contributed by atoms with Crippen molar-refractivity contribution < 1.29 is 19.0 Å². The van der Waals surface area contributed by atoms with E-state index >= 15 is 0 Å².